The summed E-state index contributed by atoms with van der Waals surface area (Å²) in [5.74, 6) is 0.679. The van der Waals surface area contributed by atoms with Crippen LogP contribution < -0.4 is 16.8 Å². The standard InChI is InChI=1S/C23H19N7.C10H10N2O3/c24-21-18(6-2-11-25-21)22-27-19-9-10-20(29-13-3-12-26-29)28-23(19)30(22)17-8-7-15-4-1-5-16(15)14-17;1-2-9(14)12-8-5-6(13)3-4-7(8)10(11)15/h2-3,6-14H,1,4-5H2,(H2,24,25);2-5,13H,1H2,(H2,11,15)(H,12,14). The molecule has 4 aromatic heterocycles. The van der Waals surface area contributed by atoms with Crippen molar-refractivity contribution in [3.05, 3.63) is 115 Å². The number of nitrogens with one attached hydrogen (secondary N) is 1. The molecule has 0 radical (unpaired) electrons. The van der Waals surface area contributed by atoms with Gasteiger partial charge in [0.1, 0.15) is 17.1 Å². The summed E-state index contributed by atoms with van der Waals surface area (Å²) < 4.78 is 3.83. The van der Waals surface area contributed by atoms with Gasteiger partial charge in [-0.3, -0.25) is 14.2 Å². The van der Waals surface area contributed by atoms with Crippen LogP contribution in [0.25, 0.3) is 34.1 Å². The van der Waals surface area contributed by atoms with Crippen LogP contribution in [-0.2, 0) is 17.6 Å². The fraction of sp³-hybridized carbons (Fsp3) is 0.0909. The van der Waals surface area contributed by atoms with E-state index in [2.05, 4.69) is 44.7 Å². The second-order valence-electron chi connectivity index (χ2n) is 10.3. The Morgan fingerprint density at radius 1 is 0.978 bits per heavy atom. The number of phenols is 1. The molecular formula is C33H29N9O3. The summed E-state index contributed by atoms with van der Waals surface area (Å²) in [6.45, 7) is 3.26. The van der Waals surface area contributed by atoms with Gasteiger partial charge in [-0.15, -0.1) is 0 Å². The average molecular weight is 600 g/mol. The Labute approximate surface area is 257 Å². The number of rotatable bonds is 6. The SMILES string of the molecule is C=CC(=O)Nc1cc(O)ccc1C(N)=O.Nc1ncccc1-c1nc2ccc(-n3cccn3)nc2n1-c1ccc2c(c1)CCC2. The lowest BCUT2D eigenvalue weighted by Crippen LogP contribution is -2.16. The number of imidazole rings is 1. The Morgan fingerprint density at radius 3 is 2.58 bits per heavy atom. The van der Waals surface area contributed by atoms with Gasteiger partial charge in [-0.05, 0) is 91.1 Å². The first-order valence-corrected chi connectivity index (χ1v) is 14.1. The van der Waals surface area contributed by atoms with Crippen LogP contribution in [0.5, 0.6) is 5.75 Å². The number of hydrogen-bond donors (Lipinski definition) is 4. The molecule has 2 aromatic carbocycles. The number of nitrogens with zero attached hydrogens (tertiary/aromatic N) is 6. The first-order chi connectivity index (χ1) is 21.8. The van der Waals surface area contributed by atoms with Gasteiger partial charge in [-0.1, -0.05) is 12.6 Å². The van der Waals surface area contributed by atoms with Crippen molar-refractivity contribution in [2.45, 2.75) is 19.3 Å². The molecule has 12 heteroatoms. The number of aromatic nitrogens is 6. The number of aryl methyl sites for hydroxylation is 2. The van der Waals surface area contributed by atoms with Crippen molar-refractivity contribution >= 4 is 34.5 Å². The molecule has 0 unspecified atom stereocenters. The minimum absolute atomic E-state index is 0.0700. The van der Waals surface area contributed by atoms with Crippen molar-refractivity contribution < 1.29 is 14.7 Å². The maximum absolute atomic E-state index is 11.0. The molecule has 0 spiro atoms. The average Bonchev–Trinajstić information content (AvgIpc) is 3.81. The van der Waals surface area contributed by atoms with E-state index in [9.17, 15) is 14.7 Å². The summed E-state index contributed by atoms with van der Waals surface area (Å²) in [7, 11) is 0. The van der Waals surface area contributed by atoms with Crippen LogP contribution in [0.4, 0.5) is 11.5 Å². The molecule has 6 aromatic rings. The summed E-state index contributed by atoms with van der Waals surface area (Å²) >= 11 is 0. The Hall–Kier alpha value is -6.30. The van der Waals surface area contributed by atoms with Gasteiger partial charge in [-0.25, -0.2) is 19.6 Å². The summed E-state index contributed by atoms with van der Waals surface area (Å²) in [6, 6.07) is 20.1. The van der Waals surface area contributed by atoms with Gasteiger partial charge < -0.3 is 21.9 Å². The Kier molecular flexibility index (Phi) is 7.76. The lowest BCUT2D eigenvalue weighted by atomic mass is 10.1. The minimum atomic E-state index is -0.686. The van der Waals surface area contributed by atoms with E-state index < -0.39 is 11.8 Å². The van der Waals surface area contributed by atoms with E-state index in [0.29, 0.717) is 5.82 Å². The molecule has 0 aliphatic heterocycles. The molecule has 4 heterocycles. The molecule has 1 aliphatic rings. The highest BCUT2D eigenvalue weighted by Crippen LogP contribution is 2.33. The Bertz CT molecular complexity index is 2070. The number of nitrogens with two attached hydrogens (primary N) is 2. The largest absolute Gasteiger partial charge is 0.508 e. The minimum Gasteiger partial charge on any atom is -0.508 e. The third kappa shape index (κ3) is 5.84. The van der Waals surface area contributed by atoms with E-state index in [-0.39, 0.29) is 17.0 Å². The van der Waals surface area contributed by atoms with E-state index in [1.54, 1.807) is 17.1 Å². The molecule has 0 bridgehead atoms. The molecule has 0 fully saturated rings. The quantitative estimate of drug-likeness (QED) is 0.204. The number of benzene rings is 2. The highest BCUT2D eigenvalue weighted by molar-refractivity contribution is 6.06. The predicted molar refractivity (Wildman–Crippen MR) is 171 cm³/mol. The number of anilines is 2. The van der Waals surface area contributed by atoms with E-state index >= 15 is 0 Å². The summed E-state index contributed by atoms with van der Waals surface area (Å²) in [5, 5.41) is 15.9. The van der Waals surface area contributed by atoms with Gasteiger partial charge in [0.25, 0.3) is 5.91 Å². The molecule has 0 saturated heterocycles. The van der Waals surface area contributed by atoms with Gasteiger partial charge in [0, 0.05) is 30.3 Å². The molecule has 0 atom stereocenters. The lowest BCUT2D eigenvalue weighted by molar-refractivity contribution is -0.111. The maximum atomic E-state index is 11.0. The van der Waals surface area contributed by atoms with E-state index in [0.717, 1.165) is 53.0 Å². The number of primary amides is 1. The molecule has 224 valence electrons. The maximum Gasteiger partial charge on any atom is 0.250 e. The van der Waals surface area contributed by atoms with Gasteiger partial charge in [-0.2, -0.15) is 5.10 Å². The van der Waals surface area contributed by atoms with Crippen molar-refractivity contribution in [2.24, 2.45) is 5.73 Å². The topological polar surface area (TPSA) is 180 Å². The van der Waals surface area contributed by atoms with Crippen molar-refractivity contribution in [3.8, 4) is 28.6 Å². The number of aromatic hydroxyl groups is 1. The van der Waals surface area contributed by atoms with Crippen LogP contribution in [0.1, 0.15) is 27.9 Å². The molecular weight excluding hydrogens is 570 g/mol. The van der Waals surface area contributed by atoms with E-state index in [1.807, 2.05) is 36.5 Å². The fourth-order valence-corrected chi connectivity index (χ4v) is 5.24. The molecule has 6 N–H and O–H groups in total. The van der Waals surface area contributed by atoms with Gasteiger partial charge in [0.2, 0.25) is 5.91 Å². The number of hydrogen-bond acceptors (Lipinski definition) is 8. The number of amides is 2. The Balaban J connectivity index is 0.000000202. The molecule has 45 heavy (non-hydrogen) atoms. The lowest BCUT2D eigenvalue weighted by Gasteiger charge is -2.12. The highest BCUT2D eigenvalue weighted by Gasteiger charge is 2.20. The zero-order valence-corrected chi connectivity index (χ0v) is 24.1. The fourth-order valence-electron chi connectivity index (χ4n) is 5.24. The van der Waals surface area contributed by atoms with Gasteiger partial charge >= 0.3 is 0 Å². The van der Waals surface area contributed by atoms with Crippen molar-refractivity contribution in [3.63, 3.8) is 0 Å². The van der Waals surface area contributed by atoms with E-state index in [1.165, 1.54) is 35.7 Å². The summed E-state index contributed by atoms with van der Waals surface area (Å²) in [4.78, 5) is 36.0. The molecule has 2 amide bonds. The number of carbonyl (C=O) groups excluding carboxylic acids is 2. The molecule has 1 aliphatic carbocycles. The van der Waals surface area contributed by atoms with E-state index in [4.69, 9.17) is 21.4 Å². The van der Waals surface area contributed by atoms with Crippen LogP contribution in [-0.4, -0.2) is 46.2 Å². The highest BCUT2D eigenvalue weighted by atomic mass is 16.3. The normalized spacial score (nSPS) is 11.8. The predicted octanol–water partition coefficient (Wildman–Crippen LogP) is 4.35. The number of fused-ring (bicyclic) bond motifs is 2. The summed E-state index contributed by atoms with van der Waals surface area (Å²) in [6.07, 6.45) is 9.81. The second kappa shape index (κ2) is 12.1. The van der Waals surface area contributed by atoms with Crippen LogP contribution in [0, 0.1) is 0 Å². The first kappa shape index (κ1) is 28.8. The van der Waals surface area contributed by atoms with Crippen LogP contribution in [0.2, 0.25) is 0 Å². The zero-order valence-electron chi connectivity index (χ0n) is 24.1. The second-order valence-corrected chi connectivity index (χ2v) is 10.3. The monoisotopic (exact) mass is 599 g/mol. The van der Waals surface area contributed by atoms with Gasteiger partial charge in [0.05, 0.1) is 16.8 Å². The molecule has 0 saturated carbocycles. The van der Waals surface area contributed by atoms with Crippen LogP contribution >= 0.6 is 0 Å². The van der Waals surface area contributed by atoms with Crippen molar-refractivity contribution in [2.75, 3.05) is 11.1 Å². The van der Waals surface area contributed by atoms with Crippen molar-refractivity contribution in [1.82, 2.24) is 29.3 Å². The number of nitrogen functional groups attached to an aromatic ring is 1. The van der Waals surface area contributed by atoms with Crippen molar-refractivity contribution in [1.29, 1.82) is 0 Å². The number of carbonyl (C=O) groups is 2. The van der Waals surface area contributed by atoms with Crippen LogP contribution in [0.3, 0.4) is 0 Å². The zero-order chi connectivity index (χ0) is 31.5. The third-order valence-electron chi connectivity index (χ3n) is 7.36. The first-order valence-electron chi connectivity index (χ1n) is 14.1. The Morgan fingerprint density at radius 2 is 1.82 bits per heavy atom. The molecule has 12 nitrogen and oxygen atoms in total. The third-order valence-corrected chi connectivity index (χ3v) is 7.36. The van der Waals surface area contributed by atoms with Crippen LogP contribution in [0.15, 0.2) is 98.0 Å². The molecule has 7 rings (SSSR count). The smallest absolute Gasteiger partial charge is 0.250 e. The summed E-state index contributed by atoms with van der Waals surface area (Å²) in [5.41, 5.74) is 17.8. The number of phenolic OH excluding ortho intramolecular Hbond substituents is 1. The van der Waals surface area contributed by atoms with Gasteiger partial charge in [0.15, 0.2) is 17.3 Å². The number of pyridine rings is 2.